The Morgan fingerprint density at radius 3 is 2.58 bits per heavy atom. The van der Waals surface area contributed by atoms with Crippen LogP contribution in [0.25, 0.3) is 10.8 Å². The summed E-state index contributed by atoms with van der Waals surface area (Å²) in [5, 5.41) is 5.11. The van der Waals surface area contributed by atoms with Crippen molar-refractivity contribution in [3.63, 3.8) is 0 Å². The van der Waals surface area contributed by atoms with Gasteiger partial charge in [-0.15, -0.1) is 0 Å². The Balaban J connectivity index is 1.92. The quantitative estimate of drug-likeness (QED) is 0.806. The number of fused-ring (bicyclic) bond motifs is 1. The van der Waals surface area contributed by atoms with Gasteiger partial charge in [-0.05, 0) is 51.2 Å². The van der Waals surface area contributed by atoms with Crippen LogP contribution in [0.5, 0.6) is 5.75 Å². The van der Waals surface area contributed by atoms with Gasteiger partial charge in [-0.1, -0.05) is 37.6 Å². The van der Waals surface area contributed by atoms with Crippen LogP contribution in [0, 0.1) is 5.92 Å². The van der Waals surface area contributed by atoms with E-state index in [1.165, 1.54) is 0 Å². The predicted octanol–water partition coefficient (Wildman–Crippen LogP) is 5.16. The summed E-state index contributed by atoms with van der Waals surface area (Å²) < 4.78 is 11.7. The molecule has 0 saturated heterocycles. The normalized spacial score (nSPS) is 23.2. The van der Waals surface area contributed by atoms with Crippen molar-refractivity contribution < 1.29 is 14.3 Å². The summed E-state index contributed by atoms with van der Waals surface area (Å²) in [6.45, 7) is 6.21. The largest absolute Gasteiger partial charge is 0.490 e. The fourth-order valence-electron chi connectivity index (χ4n) is 3.96. The first kappa shape index (κ1) is 18.7. The molecule has 2 aromatic carbocycles. The molecule has 0 aliphatic heterocycles. The van der Waals surface area contributed by atoms with Crippen molar-refractivity contribution in [2.75, 3.05) is 12.4 Å². The molecule has 0 unspecified atom stereocenters. The van der Waals surface area contributed by atoms with Crippen LogP contribution >= 0.6 is 0 Å². The average molecular weight is 355 g/mol. The highest BCUT2D eigenvalue weighted by Gasteiger charge is 2.42. The Labute approximate surface area is 155 Å². The molecule has 140 valence electrons. The number of anilines is 1. The minimum Gasteiger partial charge on any atom is -0.490 e. The van der Waals surface area contributed by atoms with Crippen LogP contribution in [0.15, 0.2) is 36.4 Å². The molecule has 0 radical (unpaired) electrons. The second kappa shape index (κ2) is 7.67. The van der Waals surface area contributed by atoms with Crippen LogP contribution < -0.4 is 10.1 Å². The molecule has 0 spiro atoms. The van der Waals surface area contributed by atoms with Crippen molar-refractivity contribution in [2.24, 2.45) is 5.92 Å². The van der Waals surface area contributed by atoms with E-state index in [1.807, 2.05) is 50.2 Å². The summed E-state index contributed by atoms with van der Waals surface area (Å²) >= 11 is 0. The molecule has 4 heteroatoms. The number of carbonyl (C=O) groups excluding carboxylic acids is 1. The number of hydrogen-bond donors (Lipinski definition) is 1. The van der Waals surface area contributed by atoms with Gasteiger partial charge in [-0.25, -0.2) is 0 Å². The van der Waals surface area contributed by atoms with E-state index in [1.54, 1.807) is 7.11 Å². The van der Waals surface area contributed by atoms with Crippen LogP contribution in [0.1, 0.15) is 46.5 Å². The van der Waals surface area contributed by atoms with Gasteiger partial charge >= 0.3 is 0 Å². The lowest BCUT2D eigenvalue weighted by atomic mass is 9.78. The number of rotatable bonds is 5. The van der Waals surface area contributed by atoms with E-state index in [4.69, 9.17) is 9.47 Å². The van der Waals surface area contributed by atoms with Gasteiger partial charge < -0.3 is 14.8 Å². The van der Waals surface area contributed by atoms with Gasteiger partial charge in [-0.3, -0.25) is 4.79 Å². The number of ether oxygens (including phenoxy) is 2. The van der Waals surface area contributed by atoms with Crippen LogP contribution in [-0.2, 0) is 9.53 Å². The van der Waals surface area contributed by atoms with Crippen molar-refractivity contribution >= 4 is 22.4 Å². The number of hydrogen-bond acceptors (Lipinski definition) is 3. The first-order valence-electron chi connectivity index (χ1n) is 9.50. The molecular weight excluding hydrogens is 326 g/mol. The molecule has 0 heterocycles. The summed E-state index contributed by atoms with van der Waals surface area (Å²) in [5.41, 5.74) is 0.0719. The highest BCUT2D eigenvalue weighted by Crippen LogP contribution is 2.37. The Bertz CT molecular complexity index is 786. The molecule has 4 nitrogen and oxygen atoms in total. The summed E-state index contributed by atoms with van der Waals surface area (Å²) in [6, 6.07) is 11.9. The van der Waals surface area contributed by atoms with E-state index < -0.39 is 5.60 Å². The topological polar surface area (TPSA) is 47.6 Å². The smallest absolute Gasteiger partial charge is 0.256 e. The molecule has 0 bridgehead atoms. The van der Waals surface area contributed by atoms with Crippen LogP contribution in [0.2, 0.25) is 0 Å². The number of carbonyl (C=O) groups is 1. The van der Waals surface area contributed by atoms with E-state index in [9.17, 15) is 4.79 Å². The second-order valence-electron chi connectivity index (χ2n) is 7.68. The van der Waals surface area contributed by atoms with Gasteiger partial charge in [-0.2, -0.15) is 0 Å². The third-order valence-electron chi connectivity index (χ3n) is 5.26. The zero-order chi connectivity index (χ0) is 18.7. The minimum absolute atomic E-state index is 0.0470. The SMILES string of the molecule is CO[C@@]1(C(=O)Nc2ccc(OC(C)C)c3ccccc23)CCC[C@H](C)C1. The molecule has 1 saturated carbocycles. The molecule has 3 rings (SSSR count). The zero-order valence-electron chi connectivity index (χ0n) is 16.2. The van der Waals surface area contributed by atoms with E-state index in [2.05, 4.69) is 12.2 Å². The maximum absolute atomic E-state index is 13.1. The molecule has 26 heavy (non-hydrogen) atoms. The van der Waals surface area contributed by atoms with Gasteiger partial charge in [0.25, 0.3) is 5.91 Å². The molecule has 1 aliphatic carbocycles. The minimum atomic E-state index is -0.730. The summed E-state index contributed by atoms with van der Waals surface area (Å²) in [5.74, 6) is 1.28. The molecular formula is C22H29NO3. The number of methoxy groups -OCH3 is 1. The zero-order valence-corrected chi connectivity index (χ0v) is 16.2. The maximum atomic E-state index is 13.1. The van der Waals surface area contributed by atoms with Crippen LogP contribution in [0.3, 0.4) is 0 Å². The van der Waals surface area contributed by atoms with Crippen molar-refractivity contribution in [2.45, 2.75) is 58.2 Å². The van der Waals surface area contributed by atoms with Gasteiger partial charge in [0.05, 0.1) is 6.10 Å². The number of nitrogens with one attached hydrogen (secondary N) is 1. The van der Waals surface area contributed by atoms with E-state index in [-0.39, 0.29) is 12.0 Å². The molecule has 1 amide bonds. The van der Waals surface area contributed by atoms with Crippen molar-refractivity contribution in [3.05, 3.63) is 36.4 Å². The third-order valence-corrected chi connectivity index (χ3v) is 5.26. The fraction of sp³-hybridized carbons (Fsp3) is 0.500. The number of benzene rings is 2. The lowest BCUT2D eigenvalue weighted by molar-refractivity contribution is -0.143. The first-order chi connectivity index (χ1) is 12.4. The highest BCUT2D eigenvalue weighted by atomic mass is 16.5. The van der Waals surface area contributed by atoms with Gasteiger partial charge in [0.15, 0.2) is 0 Å². The van der Waals surface area contributed by atoms with E-state index >= 15 is 0 Å². The Hall–Kier alpha value is -2.07. The highest BCUT2D eigenvalue weighted by molar-refractivity contribution is 6.06. The van der Waals surface area contributed by atoms with Gasteiger partial charge in [0, 0.05) is 23.6 Å². The summed E-state index contributed by atoms with van der Waals surface area (Å²) in [7, 11) is 1.65. The summed E-state index contributed by atoms with van der Waals surface area (Å²) in [4.78, 5) is 13.1. The Morgan fingerprint density at radius 1 is 1.19 bits per heavy atom. The van der Waals surface area contributed by atoms with Crippen molar-refractivity contribution in [3.8, 4) is 5.75 Å². The van der Waals surface area contributed by atoms with E-state index in [0.29, 0.717) is 5.92 Å². The Morgan fingerprint density at radius 2 is 1.92 bits per heavy atom. The third kappa shape index (κ3) is 3.70. The first-order valence-corrected chi connectivity index (χ1v) is 9.50. The molecule has 2 atom stereocenters. The molecule has 2 aromatic rings. The molecule has 1 N–H and O–H groups in total. The summed E-state index contributed by atoms with van der Waals surface area (Å²) in [6.07, 6.45) is 3.81. The second-order valence-corrected chi connectivity index (χ2v) is 7.68. The molecule has 1 fully saturated rings. The van der Waals surface area contributed by atoms with Crippen LogP contribution in [0.4, 0.5) is 5.69 Å². The van der Waals surface area contributed by atoms with Crippen LogP contribution in [-0.4, -0.2) is 24.7 Å². The Kier molecular flexibility index (Phi) is 5.52. The lowest BCUT2D eigenvalue weighted by Gasteiger charge is -2.37. The maximum Gasteiger partial charge on any atom is 0.256 e. The standard InChI is InChI=1S/C22H29NO3/c1-15(2)26-20-12-11-19(17-9-5-6-10-18(17)20)23-21(24)22(25-4)13-7-8-16(3)14-22/h5-6,9-12,15-16H,7-8,13-14H2,1-4H3,(H,23,24)/t16-,22-/m0/s1. The lowest BCUT2D eigenvalue weighted by Crippen LogP contribution is -2.47. The van der Waals surface area contributed by atoms with Crippen molar-refractivity contribution in [1.82, 2.24) is 0 Å². The van der Waals surface area contributed by atoms with Gasteiger partial charge in [0.2, 0.25) is 0 Å². The van der Waals surface area contributed by atoms with Gasteiger partial charge in [0.1, 0.15) is 11.4 Å². The molecule has 0 aromatic heterocycles. The van der Waals surface area contributed by atoms with E-state index in [0.717, 1.165) is 47.9 Å². The predicted molar refractivity (Wildman–Crippen MR) is 106 cm³/mol. The number of amides is 1. The molecule has 1 aliphatic rings. The average Bonchev–Trinajstić information content (AvgIpc) is 2.63. The fourth-order valence-corrected chi connectivity index (χ4v) is 3.96. The monoisotopic (exact) mass is 355 g/mol. The van der Waals surface area contributed by atoms with Crippen molar-refractivity contribution in [1.29, 1.82) is 0 Å².